The number of nitrogens with zero attached hydrogens (tertiary/aromatic N) is 4. The molecule has 7 heteroatoms. The molecule has 0 aliphatic heterocycles. The van der Waals surface area contributed by atoms with Gasteiger partial charge >= 0.3 is 0 Å². The SMILES string of the molecule is CN(C)c1ncccc1NC(=O)c1cnc(Cl)cn1. The van der Waals surface area contributed by atoms with E-state index in [-0.39, 0.29) is 16.8 Å². The molecule has 6 nitrogen and oxygen atoms in total. The molecule has 2 heterocycles. The molecule has 0 aromatic carbocycles. The summed E-state index contributed by atoms with van der Waals surface area (Å²) in [5.74, 6) is 0.304. The van der Waals surface area contributed by atoms with E-state index >= 15 is 0 Å². The molecular formula is C12H12ClN5O. The summed E-state index contributed by atoms with van der Waals surface area (Å²) in [6.07, 6.45) is 4.31. The average molecular weight is 278 g/mol. The Morgan fingerprint density at radius 1 is 1.26 bits per heavy atom. The Labute approximate surface area is 115 Å². The van der Waals surface area contributed by atoms with Gasteiger partial charge in [-0.1, -0.05) is 11.6 Å². The van der Waals surface area contributed by atoms with Gasteiger partial charge in [-0.25, -0.2) is 15.0 Å². The van der Waals surface area contributed by atoms with E-state index in [4.69, 9.17) is 11.6 Å². The minimum absolute atomic E-state index is 0.193. The summed E-state index contributed by atoms with van der Waals surface area (Å²) in [5, 5.41) is 2.98. The topological polar surface area (TPSA) is 71.0 Å². The van der Waals surface area contributed by atoms with Gasteiger partial charge in [0, 0.05) is 20.3 Å². The fraction of sp³-hybridized carbons (Fsp3) is 0.167. The molecule has 1 N–H and O–H groups in total. The Balaban J connectivity index is 2.22. The molecule has 0 saturated heterocycles. The fourth-order valence-electron chi connectivity index (χ4n) is 1.47. The zero-order valence-electron chi connectivity index (χ0n) is 10.5. The van der Waals surface area contributed by atoms with Crippen LogP contribution in [0.1, 0.15) is 10.5 Å². The van der Waals surface area contributed by atoms with Crippen LogP contribution < -0.4 is 10.2 Å². The Kier molecular flexibility index (Phi) is 3.91. The van der Waals surface area contributed by atoms with Crippen LogP contribution in [0, 0.1) is 0 Å². The summed E-state index contributed by atoms with van der Waals surface area (Å²) in [4.78, 5) is 25.7. The third-order valence-corrected chi connectivity index (χ3v) is 2.51. The van der Waals surface area contributed by atoms with Gasteiger partial charge in [0.2, 0.25) is 0 Å². The Bertz CT molecular complexity index is 585. The Morgan fingerprint density at radius 2 is 2.05 bits per heavy atom. The van der Waals surface area contributed by atoms with Gasteiger partial charge in [0.1, 0.15) is 10.8 Å². The van der Waals surface area contributed by atoms with Crippen molar-refractivity contribution in [1.29, 1.82) is 0 Å². The normalized spacial score (nSPS) is 10.1. The second-order valence-electron chi connectivity index (χ2n) is 3.95. The maximum absolute atomic E-state index is 12.0. The van der Waals surface area contributed by atoms with Gasteiger partial charge in [-0.3, -0.25) is 4.79 Å². The summed E-state index contributed by atoms with van der Waals surface area (Å²) in [6, 6.07) is 3.51. The Morgan fingerprint density at radius 3 is 2.68 bits per heavy atom. The smallest absolute Gasteiger partial charge is 0.275 e. The van der Waals surface area contributed by atoms with E-state index in [0.717, 1.165) is 0 Å². The lowest BCUT2D eigenvalue weighted by atomic mass is 10.3. The van der Waals surface area contributed by atoms with Crippen molar-refractivity contribution in [3.8, 4) is 0 Å². The van der Waals surface area contributed by atoms with Crippen molar-refractivity contribution in [2.24, 2.45) is 0 Å². The molecule has 19 heavy (non-hydrogen) atoms. The molecular weight excluding hydrogens is 266 g/mol. The zero-order valence-corrected chi connectivity index (χ0v) is 11.2. The van der Waals surface area contributed by atoms with Crippen LogP contribution in [0.25, 0.3) is 0 Å². The summed E-state index contributed by atoms with van der Waals surface area (Å²) in [7, 11) is 3.69. The molecule has 0 aliphatic carbocycles. The lowest BCUT2D eigenvalue weighted by molar-refractivity contribution is 0.102. The van der Waals surface area contributed by atoms with Crippen LogP contribution >= 0.6 is 11.6 Å². The van der Waals surface area contributed by atoms with Gasteiger partial charge in [-0.2, -0.15) is 0 Å². The van der Waals surface area contributed by atoms with Crippen LogP contribution in [0.4, 0.5) is 11.5 Å². The number of anilines is 2. The highest BCUT2D eigenvalue weighted by Gasteiger charge is 2.12. The van der Waals surface area contributed by atoms with Crippen LogP contribution in [-0.4, -0.2) is 35.0 Å². The first-order valence-electron chi connectivity index (χ1n) is 5.49. The van der Waals surface area contributed by atoms with Crippen molar-refractivity contribution in [1.82, 2.24) is 15.0 Å². The van der Waals surface area contributed by atoms with Gasteiger partial charge < -0.3 is 10.2 Å². The monoisotopic (exact) mass is 277 g/mol. The number of carbonyl (C=O) groups excluding carboxylic acids is 1. The van der Waals surface area contributed by atoms with E-state index in [2.05, 4.69) is 20.3 Å². The molecule has 2 aromatic rings. The molecule has 98 valence electrons. The summed E-state index contributed by atoms with van der Waals surface area (Å²) in [6.45, 7) is 0. The van der Waals surface area contributed by atoms with Crippen LogP contribution in [-0.2, 0) is 0 Å². The minimum atomic E-state index is -0.361. The highest BCUT2D eigenvalue weighted by molar-refractivity contribution is 6.29. The van der Waals surface area contributed by atoms with Crippen LogP contribution in [0.5, 0.6) is 0 Å². The number of hydrogen-bond acceptors (Lipinski definition) is 5. The van der Waals surface area contributed by atoms with Gasteiger partial charge in [0.15, 0.2) is 5.82 Å². The second-order valence-corrected chi connectivity index (χ2v) is 4.33. The summed E-state index contributed by atoms with van der Waals surface area (Å²) >= 11 is 5.62. The molecule has 0 unspecified atom stereocenters. The van der Waals surface area contributed by atoms with Crippen LogP contribution in [0.2, 0.25) is 5.15 Å². The van der Waals surface area contributed by atoms with Crippen molar-refractivity contribution in [2.45, 2.75) is 0 Å². The van der Waals surface area contributed by atoms with Crippen molar-refractivity contribution >= 4 is 29.0 Å². The summed E-state index contributed by atoms with van der Waals surface area (Å²) < 4.78 is 0. The van der Waals surface area contributed by atoms with Gasteiger partial charge in [0.05, 0.1) is 18.1 Å². The van der Waals surface area contributed by atoms with E-state index in [0.29, 0.717) is 11.5 Å². The lowest BCUT2D eigenvalue weighted by Crippen LogP contribution is -2.18. The second kappa shape index (κ2) is 5.62. The molecule has 0 radical (unpaired) electrons. The number of hydrogen-bond donors (Lipinski definition) is 1. The van der Waals surface area contributed by atoms with E-state index in [1.54, 1.807) is 18.3 Å². The zero-order chi connectivity index (χ0) is 13.8. The van der Waals surface area contributed by atoms with E-state index < -0.39 is 0 Å². The quantitative estimate of drug-likeness (QED) is 0.927. The maximum Gasteiger partial charge on any atom is 0.275 e. The standard InChI is InChI=1S/C12H12ClN5O/c1-18(2)11-8(4-3-5-14-11)17-12(19)9-6-16-10(13)7-15-9/h3-7H,1-2H3,(H,17,19). The minimum Gasteiger partial charge on any atom is -0.361 e. The van der Waals surface area contributed by atoms with Gasteiger partial charge in [-0.05, 0) is 12.1 Å². The lowest BCUT2D eigenvalue weighted by Gasteiger charge is -2.15. The number of carbonyl (C=O) groups is 1. The van der Waals surface area contributed by atoms with Crippen molar-refractivity contribution in [3.63, 3.8) is 0 Å². The highest BCUT2D eigenvalue weighted by Crippen LogP contribution is 2.20. The first-order valence-corrected chi connectivity index (χ1v) is 5.87. The van der Waals surface area contributed by atoms with Crippen molar-refractivity contribution < 1.29 is 4.79 Å². The van der Waals surface area contributed by atoms with E-state index in [1.807, 2.05) is 19.0 Å². The van der Waals surface area contributed by atoms with E-state index in [9.17, 15) is 4.79 Å². The summed E-state index contributed by atoms with van der Waals surface area (Å²) in [5.41, 5.74) is 0.798. The van der Waals surface area contributed by atoms with Gasteiger partial charge in [0.25, 0.3) is 5.91 Å². The third-order valence-electron chi connectivity index (χ3n) is 2.31. The van der Waals surface area contributed by atoms with E-state index in [1.165, 1.54) is 12.4 Å². The number of aromatic nitrogens is 3. The molecule has 0 saturated carbocycles. The fourth-order valence-corrected chi connectivity index (χ4v) is 1.56. The number of halogens is 1. The number of pyridine rings is 1. The number of nitrogens with one attached hydrogen (secondary N) is 1. The molecule has 0 atom stereocenters. The molecule has 0 aliphatic rings. The third kappa shape index (κ3) is 3.17. The molecule has 1 amide bonds. The van der Waals surface area contributed by atoms with Crippen LogP contribution in [0.15, 0.2) is 30.7 Å². The molecule has 0 spiro atoms. The largest absolute Gasteiger partial charge is 0.361 e. The molecule has 0 bridgehead atoms. The molecule has 2 aromatic heterocycles. The van der Waals surface area contributed by atoms with Gasteiger partial charge in [-0.15, -0.1) is 0 Å². The maximum atomic E-state index is 12.0. The first-order chi connectivity index (χ1) is 9.08. The molecule has 0 fully saturated rings. The van der Waals surface area contributed by atoms with Crippen LogP contribution in [0.3, 0.4) is 0 Å². The number of amides is 1. The predicted octanol–water partition coefficient (Wildman–Crippen LogP) is 1.84. The number of rotatable bonds is 3. The van der Waals surface area contributed by atoms with Crippen molar-refractivity contribution in [2.75, 3.05) is 24.3 Å². The highest BCUT2D eigenvalue weighted by atomic mass is 35.5. The average Bonchev–Trinajstić information content (AvgIpc) is 2.39. The van der Waals surface area contributed by atoms with Crippen molar-refractivity contribution in [3.05, 3.63) is 41.6 Å². The molecule has 2 rings (SSSR count). The Hall–Kier alpha value is -2.21. The first kappa shape index (κ1) is 13.2. The predicted molar refractivity (Wildman–Crippen MR) is 73.6 cm³/mol.